The third-order valence-corrected chi connectivity index (χ3v) is 8.51. The summed E-state index contributed by atoms with van der Waals surface area (Å²) in [6, 6.07) is 18.2. The van der Waals surface area contributed by atoms with Crippen molar-refractivity contribution in [1.29, 1.82) is 0 Å². The summed E-state index contributed by atoms with van der Waals surface area (Å²) in [5.41, 5.74) is 2.25. The lowest BCUT2D eigenvalue weighted by Crippen LogP contribution is -2.35. The van der Waals surface area contributed by atoms with E-state index in [4.69, 9.17) is 0 Å². The zero-order valence-corrected chi connectivity index (χ0v) is 19.5. The van der Waals surface area contributed by atoms with E-state index in [0.29, 0.717) is 23.9 Å². The second-order valence-electron chi connectivity index (χ2n) is 7.89. The smallest absolute Gasteiger partial charge is 0.243 e. The molecule has 1 fully saturated rings. The molecule has 1 N–H and O–H groups in total. The van der Waals surface area contributed by atoms with Crippen molar-refractivity contribution in [3.8, 4) is 0 Å². The van der Waals surface area contributed by atoms with Crippen molar-refractivity contribution in [2.45, 2.75) is 29.3 Å². The molecule has 0 bridgehead atoms. The van der Waals surface area contributed by atoms with E-state index in [2.05, 4.69) is 15.5 Å². The quantitative estimate of drug-likeness (QED) is 0.421. The largest absolute Gasteiger partial charge is 0.325 e. The number of thioether (sulfide) groups is 1. The van der Waals surface area contributed by atoms with Crippen LogP contribution in [0.5, 0.6) is 0 Å². The van der Waals surface area contributed by atoms with Gasteiger partial charge in [-0.1, -0.05) is 36.4 Å². The van der Waals surface area contributed by atoms with Gasteiger partial charge in [0.2, 0.25) is 15.9 Å². The highest BCUT2D eigenvalue weighted by Gasteiger charge is 2.25. The van der Waals surface area contributed by atoms with Gasteiger partial charge in [0, 0.05) is 18.8 Å². The summed E-state index contributed by atoms with van der Waals surface area (Å²) in [5, 5.41) is 13.0. The third kappa shape index (κ3) is 4.46. The average molecular weight is 482 g/mol. The Labute approximate surface area is 196 Å². The van der Waals surface area contributed by atoms with Gasteiger partial charge < -0.3 is 5.32 Å². The maximum Gasteiger partial charge on any atom is 0.243 e. The van der Waals surface area contributed by atoms with Crippen molar-refractivity contribution in [3.05, 3.63) is 60.7 Å². The summed E-state index contributed by atoms with van der Waals surface area (Å²) >= 11 is 1.30. The zero-order chi connectivity index (χ0) is 22.8. The van der Waals surface area contributed by atoms with Gasteiger partial charge in [0.15, 0.2) is 10.8 Å². The topological polar surface area (TPSA) is 96.7 Å². The van der Waals surface area contributed by atoms with Gasteiger partial charge in [-0.05, 0) is 60.7 Å². The molecule has 5 rings (SSSR count). The maximum atomic E-state index is 12.8. The number of para-hydroxylation sites is 1. The van der Waals surface area contributed by atoms with Crippen LogP contribution in [-0.4, -0.2) is 52.1 Å². The minimum absolute atomic E-state index is 0.151. The second kappa shape index (κ2) is 9.12. The summed E-state index contributed by atoms with van der Waals surface area (Å²) in [5.74, 6) is -0.0543. The van der Waals surface area contributed by atoms with E-state index in [1.807, 2.05) is 40.8 Å². The molecule has 1 aliphatic rings. The molecule has 0 radical (unpaired) electrons. The van der Waals surface area contributed by atoms with Crippen LogP contribution in [0.3, 0.4) is 0 Å². The fourth-order valence-electron chi connectivity index (χ4n) is 4.00. The van der Waals surface area contributed by atoms with Crippen molar-refractivity contribution in [2.24, 2.45) is 0 Å². The van der Waals surface area contributed by atoms with Crippen LogP contribution >= 0.6 is 11.8 Å². The molecule has 0 saturated carbocycles. The van der Waals surface area contributed by atoms with E-state index in [1.54, 1.807) is 24.3 Å². The number of sulfonamides is 1. The van der Waals surface area contributed by atoms with Crippen molar-refractivity contribution in [3.63, 3.8) is 0 Å². The van der Waals surface area contributed by atoms with E-state index >= 15 is 0 Å². The molecule has 0 unspecified atom stereocenters. The molecule has 3 heterocycles. The lowest BCUT2D eigenvalue weighted by Gasteiger charge is -2.25. The van der Waals surface area contributed by atoms with Crippen LogP contribution in [0.4, 0.5) is 5.69 Å². The van der Waals surface area contributed by atoms with Gasteiger partial charge in [-0.25, -0.2) is 8.42 Å². The standard InChI is InChI=1S/C23H23N5O3S2/c29-22(16-32-23-26-25-21-13-8-17-6-2-3-7-20(17)28(21)23)24-18-9-11-19(12-10-18)33(30,31)27-14-4-1-5-15-27/h2-3,6-13H,1,4-5,14-16H2,(H,24,29). The molecule has 10 heteroatoms. The predicted molar refractivity (Wildman–Crippen MR) is 129 cm³/mol. The summed E-state index contributed by atoms with van der Waals surface area (Å²) in [7, 11) is -3.49. The Morgan fingerprint density at radius 3 is 2.48 bits per heavy atom. The summed E-state index contributed by atoms with van der Waals surface area (Å²) in [4.78, 5) is 12.8. The molecule has 2 aromatic carbocycles. The number of rotatable bonds is 6. The van der Waals surface area contributed by atoms with Crippen molar-refractivity contribution >= 4 is 49.9 Å². The number of aromatic nitrogens is 3. The number of carbonyl (C=O) groups is 1. The summed E-state index contributed by atoms with van der Waals surface area (Å²) in [6.45, 7) is 1.12. The lowest BCUT2D eigenvalue weighted by molar-refractivity contribution is -0.113. The zero-order valence-electron chi connectivity index (χ0n) is 17.8. The van der Waals surface area contributed by atoms with Gasteiger partial charge in [0.1, 0.15) is 0 Å². The van der Waals surface area contributed by atoms with Gasteiger partial charge in [0.05, 0.1) is 16.2 Å². The number of benzene rings is 2. The summed E-state index contributed by atoms with van der Waals surface area (Å²) < 4.78 is 29.0. The van der Waals surface area contributed by atoms with Gasteiger partial charge >= 0.3 is 0 Å². The average Bonchev–Trinajstić information content (AvgIpc) is 3.27. The molecule has 1 aliphatic heterocycles. The number of hydrogen-bond acceptors (Lipinski definition) is 6. The second-order valence-corrected chi connectivity index (χ2v) is 10.8. The highest BCUT2D eigenvalue weighted by atomic mass is 32.2. The molecule has 0 atom stereocenters. The van der Waals surface area contributed by atoms with Gasteiger partial charge in [0.25, 0.3) is 0 Å². The Balaban J connectivity index is 1.25. The van der Waals surface area contributed by atoms with Crippen LogP contribution in [0.1, 0.15) is 19.3 Å². The first-order valence-corrected chi connectivity index (χ1v) is 13.2. The van der Waals surface area contributed by atoms with Crippen molar-refractivity contribution in [1.82, 2.24) is 18.9 Å². The SMILES string of the molecule is O=C(CSc1nnc2ccc3ccccc3n12)Nc1ccc(S(=O)(=O)N2CCCCC2)cc1. The lowest BCUT2D eigenvalue weighted by atomic mass is 10.2. The highest BCUT2D eigenvalue weighted by molar-refractivity contribution is 7.99. The molecular weight excluding hydrogens is 458 g/mol. The first kappa shape index (κ1) is 21.9. The number of pyridine rings is 1. The van der Waals surface area contributed by atoms with E-state index < -0.39 is 10.0 Å². The van der Waals surface area contributed by atoms with Crippen LogP contribution in [0.15, 0.2) is 70.7 Å². The van der Waals surface area contributed by atoms with E-state index in [0.717, 1.165) is 35.8 Å². The van der Waals surface area contributed by atoms with Gasteiger partial charge in [-0.15, -0.1) is 10.2 Å². The Bertz CT molecular complexity index is 1410. The molecule has 1 amide bonds. The number of hydrogen-bond donors (Lipinski definition) is 1. The van der Waals surface area contributed by atoms with Crippen LogP contribution < -0.4 is 5.32 Å². The first-order valence-electron chi connectivity index (χ1n) is 10.8. The molecule has 8 nitrogen and oxygen atoms in total. The Kier molecular flexibility index (Phi) is 6.05. The first-order chi connectivity index (χ1) is 16.0. The Morgan fingerprint density at radius 2 is 1.70 bits per heavy atom. The van der Waals surface area contributed by atoms with Crippen LogP contribution in [0.2, 0.25) is 0 Å². The fraction of sp³-hybridized carbons (Fsp3) is 0.261. The van der Waals surface area contributed by atoms with E-state index in [-0.39, 0.29) is 16.6 Å². The molecule has 170 valence electrons. The number of carbonyl (C=O) groups excluding carboxylic acids is 1. The van der Waals surface area contributed by atoms with Crippen LogP contribution in [0.25, 0.3) is 16.6 Å². The number of piperidine rings is 1. The maximum absolute atomic E-state index is 12.8. The highest BCUT2D eigenvalue weighted by Crippen LogP contribution is 2.24. The number of fused-ring (bicyclic) bond motifs is 3. The molecule has 2 aromatic heterocycles. The van der Waals surface area contributed by atoms with Gasteiger partial charge in [-0.2, -0.15) is 4.31 Å². The molecule has 33 heavy (non-hydrogen) atoms. The number of nitrogens with zero attached hydrogens (tertiary/aromatic N) is 4. The van der Waals surface area contributed by atoms with Crippen molar-refractivity contribution in [2.75, 3.05) is 24.2 Å². The molecular formula is C23H23N5O3S2. The Morgan fingerprint density at radius 1 is 0.939 bits per heavy atom. The Hall–Kier alpha value is -2.95. The van der Waals surface area contributed by atoms with Crippen LogP contribution in [0, 0.1) is 0 Å². The summed E-state index contributed by atoms with van der Waals surface area (Å²) in [6.07, 6.45) is 2.85. The number of amides is 1. The fourth-order valence-corrected chi connectivity index (χ4v) is 6.27. The number of anilines is 1. The van der Waals surface area contributed by atoms with E-state index in [1.165, 1.54) is 16.1 Å². The van der Waals surface area contributed by atoms with Gasteiger partial charge in [-0.3, -0.25) is 9.20 Å². The van der Waals surface area contributed by atoms with Crippen molar-refractivity contribution < 1.29 is 13.2 Å². The minimum atomic E-state index is -3.49. The molecule has 0 spiro atoms. The van der Waals surface area contributed by atoms with E-state index in [9.17, 15) is 13.2 Å². The molecule has 0 aliphatic carbocycles. The molecule has 4 aromatic rings. The monoisotopic (exact) mass is 481 g/mol. The van der Waals surface area contributed by atoms with Crippen LogP contribution in [-0.2, 0) is 14.8 Å². The normalized spacial score (nSPS) is 15.2. The number of nitrogens with one attached hydrogen (secondary N) is 1. The predicted octanol–water partition coefficient (Wildman–Crippen LogP) is 3.79. The third-order valence-electron chi connectivity index (χ3n) is 5.67. The minimum Gasteiger partial charge on any atom is -0.325 e. The molecule has 1 saturated heterocycles.